The summed E-state index contributed by atoms with van der Waals surface area (Å²) in [6.45, 7) is 5.78. The summed E-state index contributed by atoms with van der Waals surface area (Å²) in [5, 5.41) is 0. The summed E-state index contributed by atoms with van der Waals surface area (Å²) in [6, 6.07) is 13.9. The van der Waals surface area contributed by atoms with E-state index in [0.29, 0.717) is 25.0 Å². The van der Waals surface area contributed by atoms with Crippen molar-refractivity contribution in [2.45, 2.75) is 32.4 Å². The molecule has 31 heavy (non-hydrogen) atoms. The summed E-state index contributed by atoms with van der Waals surface area (Å²) < 4.78 is 12.5. The molecule has 3 aromatic rings. The summed E-state index contributed by atoms with van der Waals surface area (Å²) in [5.74, 6) is 0.846. The van der Waals surface area contributed by atoms with Gasteiger partial charge in [-0.3, -0.25) is 9.36 Å². The standard InChI is InChI=1S/C24H27N3O4/c28-23(6-3-10-27-20-4-1-2-5-22(20)31-24(27)29)26-13-11-25(12-14-26)17-18-7-8-21-19(16-18)9-15-30-21/h1-2,4-5,7-8,16H,3,6,9-15,17H2/p+1. The summed E-state index contributed by atoms with van der Waals surface area (Å²) in [7, 11) is 0. The van der Waals surface area contributed by atoms with Gasteiger partial charge in [0.2, 0.25) is 5.91 Å². The van der Waals surface area contributed by atoms with Crippen LogP contribution in [0.4, 0.5) is 0 Å². The molecule has 2 aromatic carbocycles. The highest BCUT2D eigenvalue weighted by Gasteiger charge is 2.24. The van der Waals surface area contributed by atoms with Crippen LogP contribution in [-0.4, -0.2) is 48.2 Å². The van der Waals surface area contributed by atoms with Crippen molar-refractivity contribution in [2.75, 3.05) is 32.8 Å². The van der Waals surface area contributed by atoms with Gasteiger partial charge in [-0.05, 0) is 42.3 Å². The highest BCUT2D eigenvalue weighted by Crippen LogP contribution is 2.25. The number of aromatic nitrogens is 1. The number of carbonyl (C=O) groups excluding carboxylic acids is 1. The van der Waals surface area contributed by atoms with Crippen LogP contribution in [0.5, 0.6) is 5.75 Å². The van der Waals surface area contributed by atoms with Crippen LogP contribution in [0.15, 0.2) is 51.7 Å². The molecule has 3 heterocycles. The molecule has 5 rings (SSSR count). The molecule has 7 nitrogen and oxygen atoms in total. The zero-order valence-corrected chi connectivity index (χ0v) is 17.6. The molecule has 0 unspecified atom stereocenters. The molecule has 0 spiro atoms. The van der Waals surface area contributed by atoms with Crippen LogP contribution in [0.25, 0.3) is 11.1 Å². The zero-order valence-electron chi connectivity index (χ0n) is 17.6. The van der Waals surface area contributed by atoms with Crippen LogP contribution < -0.4 is 15.4 Å². The molecule has 7 heteroatoms. The Balaban J connectivity index is 1.09. The summed E-state index contributed by atoms with van der Waals surface area (Å²) in [5.41, 5.74) is 4.04. The average Bonchev–Trinajstić information content (AvgIpc) is 3.38. The number of benzene rings is 2. The van der Waals surface area contributed by atoms with Crippen LogP contribution >= 0.6 is 0 Å². The van der Waals surface area contributed by atoms with Crippen LogP contribution in [0, 0.1) is 0 Å². The normalized spacial score (nSPS) is 16.5. The number of oxazole rings is 1. The maximum Gasteiger partial charge on any atom is 0.419 e. The summed E-state index contributed by atoms with van der Waals surface area (Å²) >= 11 is 0. The molecule has 2 aliphatic rings. The fraction of sp³-hybridized carbons (Fsp3) is 0.417. The van der Waals surface area contributed by atoms with Crippen molar-refractivity contribution in [2.24, 2.45) is 0 Å². The molecule has 2 aliphatic heterocycles. The minimum Gasteiger partial charge on any atom is -0.493 e. The number of fused-ring (bicyclic) bond motifs is 2. The zero-order chi connectivity index (χ0) is 21.2. The third-order valence-corrected chi connectivity index (χ3v) is 6.38. The molecule has 162 valence electrons. The van der Waals surface area contributed by atoms with Crippen molar-refractivity contribution < 1.29 is 18.8 Å². The van der Waals surface area contributed by atoms with Gasteiger partial charge in [-0.2, -0.15) is 0 Å². The van der Waals surface area contributed by atoms with Gasteiger partial charge in [0.05, 0.1) is 38.3 Å². The van der Waals surface area contributed by atoms with Gasteiger partial charge < -0.3 is 19.0 Å². The number of amides is 1. The Morgan fingerprint density at radius 1 is 1.10 bits per heavy atom. The lowest BCUT2D eigenvalue weighted by Gasteiger charge is -2.32. The van der Waals surface area contributed by atoms with Gasteiger partial charge in [0.1, 0.15) is 12.3 Å². The quantitative estimate of drug-likeness (QED) is 0.649. The number of ether oxygens (including phenoxy) is 1. The van der Waals surface area contributed by atoms with Crippen LogP contribution in [0.2, 0.25) is 0 Å². The summed E-state index contributed by atoms with van der Waals surface area (Å²) in [6.07, 6.45) is 2.08. The number of piperazine rings is 1. The van der Waals surface area contributed by atoms with E-state index in [4.69, 9.17) is 9.15 Å². The van der Waals surface area contributed by atoms with Crippen molar-refractivity contribution in [3.63, 3.8) is 0 Å². The van der Waals surface area contributed by atoms with E-state index in [0.717, 1.165) is 57.0 Å². The van der Waals surface area contributed by atoms with E-state index in [1.165, 1.54) is 16.0 Å². The van der Waals surface area contributed by atoms with E-state index < -0.39 is 0 Å². The molecular formula is C24H28N3O4+. The van der Waals surface area contributed by atoms with E-state index in [1.807, 2.05) is 23.1 Å². The lowest BCUT2D eigenvalue weighted by molar-refractivity contribution is -0.917. The molecule has 1 aromatic heterocycles. The van der Waals surface area contributed by atoms with Crippen molar-refractivity contribution in [3.05, 3.63) is 64.1 Å². The van der Waals surface area contributed by atoms with Gasteiger partial charge in [0, 0.05) is 24.9 Å². The predicted octanol–water partition coefficient (Wildman–Crippen LogP) is 1.24. The van der Waals surface area contributed by atoms with E-state index in [1.54, 1.807) is 10.6 Å². The third kappa shape index (κ3) is 4.23. The lowest BCUT2D eigenvalue weighted by atomic mass is 10.1. The number of rotatable bonds is 6. The third-order valence-electron chi connectivity index (χ3n) is 6.38. The average molecular weight is 423 g/mol. The predicted molar refractivity (Wildman–Crippen MR) is 116 cm³/mol. The molecule has 0 radical (unpaired) electrons. The van der Waals surface area contributed by atoms with Crippen molar-refractivity contribution in [3.8, 4) is 5.75 Å². The Kier molecular flexibility index (Phi) is 5.51. The molecule has 1 amide bonds. The second-order valence-corrected chi connectivity index (χ2v) is 8.44. The van der Waals surface area contributed by atoms with E-state index >= 15 is 0 Å². The monoisotopic (exact) mass is 422 g/mol. The van der Waals surface area contributed by atoms with Gasteiger partial charge in [-0.15, -0.1) is 0 Å². The van der Waals surface area contributed by atoms with E-state index in [9.17, 15) is 9.59 Å². The van der Waals surface area contributed by atoms with Crippen LogP contribution in [0.3, 0.4) is 0 Å². The molecule has 1 saturated heterocycles. The molecule has 0 saturated carbocycles. The Hall–Kier alpha value is -3.06. The van der Waals surface area contributed by atoms with Gasteiger partial charge in [0.25, 0.3) is 0 Å². The van der Waals surface area contributed by atoms with Gasteiger partial charge in [0.15, 0.2) is 5.58 Å². The molecule has 1 fully saturated rings. The number of aryl methyl sites for hydroxylation is 1. The fourth-order valence-corrected chi connectivity index (χ4v) is 4.66. The van der Waals surface area contributed by atoms with Crippen molar-refractivity contribution >= 4 is 17.0 Å². The largest absolute Gasteiger partial charge is 0.493 e. The first kappa shape index (κ1) is 19.9. The Labute approximate surface area is 180 Å². The maximum absolute atomic E-state index is 12.7. The lowest BCUT2D eigenvalue weighted by Crippen LogP contribution is -3.13. The van der Waals surface area contributed by atoms with E-state index in [-0.39, 0.29) is 11.7 Å². The first-order chi connectivity index (χ1) is 15.2. The topological polar surface area (TPSA) is 69.1 Å². The molecule has 1 N–H and O–H groups in total. The van der Waals surface area contributed by atoms with Gasteiger partial charge in [-0.1, -0.05) is 12.1 Å². The highest BCUT2D eigenvalue weighted by molar-refractivity contribution is 5.76. The molecule has 0 atom stereocenters. The number of para-hydroxylation sites is 2. The van der Waals surface area contributed by atoms with Gasteiger partial charge >= 0.3 is 5.76 Å². The smallest absolute Gasteiger partial charge is 0.419 e. The van der Waals surface area contributed by atoms with Crippen LogP contribution in [-0.2, 0) is 24.3 Å². The number of carbonyl (C=O) groups is 1. The number of nitrogens with one attached hydrogen (secondary N) is 1. The number of nitrogens with zero attached hydrogens (tertiary/aromatic N) is 2. The SMILES string of the molecule is O=C(CCCn1c(=O)oc2ccccc21)N1CC[NH+](Cc2ccc3c(c2)CCO3)CC1. The maximum atomic E-state index is 12.7. The van der Waals surface area contributed by atoms with Crippen molar-refractivity contribution in [1.29, 1.82) is 0 Å². The Morgan fingerprint density at radius 3 is 2.81 bits per heavy atom. The van der Waals surface area contributed by atoms with Gasteiger partial charge in [-0.25, -0.2) is 4.79 Å². The first-order valence-electron chi connectivity index (χ1n) is 11.1. The fourth-order valence-electron chi connectivity index (χ4n) is 4.66. The molecule has 0 aliphatic carbocycles. The second kappa shape index (κ2) is 8.59. The number of quaternary nitrogens is 1. The summed E-state index contributed by atoms with van der Waals surface area (Å²) in [4.78, 5) is 28.2. The Bertz CT molecular complexity index is 1140. The number of hydrogen-bond donors (Lipinski definition) is 1. The van der Waals surface area contributed by atoms with Crippen molar-refractivity contribution in [1.82, 2.24) is 9.47 Å². The second-order valence-electron chi connectivity index (χ2n) is 8.44. The minimum absolute atomic E-state index is 0.176. The molecule has 0 bridgehead atoms. The van der Waals surface area contributed by atoms with E-state index in [2.05, 4.69) is 18.2 Å². The first-order valence-corrected chi connectivity index (χ1v) is 11.1. The Morgan fingerprint density at radius 2 is 1.94 bits per heavy atom. The number of hydrogen-bond acceptors (Lipinski definition) is 4. The van der Waals surface area contributed by atoms with Crippen LogP contribution in [0.1, 0.15) is 24.0 Å². The molecular weight excluding hydrogens is 394 g/mol. The highest BCUT2D eigenvalue weighted by atomic mass is 16.5. The minimum atomic E-state index is -0.357.